The molecular weight excluding hydrogens is 154 g/mol. The van der Waals surface area contributed by atoms with Crippen LogP contribution < -0.4 is 5.32 Å². The second-order valence-corrected chi connectivity index (χ2v) is 2.58. The van der Waals surface area contributed by atoms with E-state index in [0.29, 0.717) is 5.57 Å². The third-order valence-electron chi connectivity index (χ3n) is 1.90. The topological polar surface area (TPSA) is 38.3 Å². The lowest BCUT2D eigenvalue weighted by atomic mass is 10.0. The minimum Gasteiger partial charge on any atom is -0.465 e. The van der Waals surface area contributed by atoms with Gasteiger partial charge in [0.1, 0.15) is 0 Å². The summed E-state index contributed by atoms with van der Waals surface area (Å²) < 4.78 is 4.65. The maximum atomic E-state index is 11.2. The van der Waals surface area contributed by atoms with Crippen molar-refractivity contribution in [3.8, 4) is 0 Å². The molecule has 0 aliphatic carbocycles. The molecule has 1 heterocycles. The predicted molar refractivity (Wildman–Crippen MR) is 46.5 cm³/mol. The molecule has 1 N–H and O–H groups in total. The Kier molecular flexibility index (Phi) is 2.91. The van der Waals surface area contributed by atoms with Gasteiger partial charge in [-0.3, -0.25) is 0 Å². The fourth-order valence-corrected chi connectivity index (χ4v) is 1.18. The Bertz CT molecular complexity index is 241. The van der Waals surface area contributed by atoms with Gasteiger partial charge in [0.05, 0.1) is 12.7 Å². The minimum atomic E-state index is -0.246. The second-order valence-electron chi connectivity index (χ2n) is 2.58. The Hall–Kier alpha value is -1.25. The van der Waals surface area contributed by atoms with Gasteiger partial charge in [0.25, 0.3) is 0 Å². The number of rotatable bonds is 2. The predicted octanol–water partition coefficient (Wildman–Crippen LogP) is 0.983. The SMILES string of the molecule is CCC1=C(C(=O)OC)C=CNC1. The van der Waals surface area contributed by atoms with Gasteiger partial charge in [0, 0.05) is 6.54 Å². The highest BCUT2D eigenvalue weighted by molar-refractivity contribution is 5.92. The van der Waals surface area contributed by atoms with Crippen molar-refractivity contribution in [1.82, 2.24) is 5.32 Å². The van der Waals surface area contributed by atoms with Crippen molar-refractivity contribution < 1.29 is 9.53 Å². The Labute approximate surface area is 72.1 Å². The molecule has 0 atom stereocenters. The van der Waals surface area contributed by atoms with Crippen LogP contribution in [0.15, 0.2) is 23.4 Å². The van der Waals surface area contributed by atoms with Crippen LogP contribution in [0.3, 0.4) is 0 Å². The normalized spacial score (nSPS) is 15.8. The molecule has 3 nitrogen and oxygen atoms in total. The molecule has 0 radical (unpaired) electrons. The molecule has 0 bridgehead atoms. The lowest BCUT2D eigenvalue weighted by Gasteiger charge is -2.13. The summed E-state index contributed by atoms with van der Waals surface area (Å²) in [4.78, 5) is 11.2. The van der Waals surface area contributed by atoms with Gasteiger partial charge in [-0.05, 0) is 24.3 Å². The number of carbonyl (C=O) groups is 1. The van der Waals surface area contributed by atoms with Crippen LogP contribution in [0, 0.1) is 0 Å². The average molecular weight is 167 g/mol. The van der Waals surface area contributed by atoms with E-state index >= 15 is 0 Å². The summed E-state index contributed by atoms with van der Waals surface area (Å²) in [6.07, 6.45) is 4.40. The molecule has 0 saturated carbocycles. The fraction of sp³-hybridized carbons (Fsp3) is 0.444. The number of dihydropyridines is 1. The zero-order valence-corrected chi connectivity index (χ0v) is 7.39. The van der Waals surface area contributed by atoms with Crippen LogP contribution in [-0.4, -0.2) is 19.6 Å². The molecule has 0 aromatic heterocycles. The summed E-state index contributed by atoms with van der Waals surface area (Å²) in [6, 6.07) is 0. The van der Waals surface area contributed by atoms with Gasteiger partial charge >= 0.3 is 5.97 Å². The van der Waals surface area contributed by atoms with Crippen LogP contribution in [0.25, 0.3) is 0 Å². The molecule has 66 valence electrons. The summed E-state index contributed by atoms with van der Waals surface area (Å²) >= 11 is 0. The van der Waals surface area contributed by atoms with E-state index in [9.17, 15) is 4.79 Å². The maximum absolute atomic E-state index is 11.2. The fourth-order valence-electron chi connectivity index (χ4n) is 1.18. The Morgan fingerprint density at radius 2 is 2.50 bits per heavy atom. The van der Waals surface area contributed by atoms with Crippen LogP contribution in [0.5, 0.6) is 0 Å². The molecule has 0 unspecified atom stereocenters. The molecule has 0 spiro atoms. The van der Waals surface area contributed by atoms with Gasteiger partial charge in [-0.1, -0.05) is 6.92 Å². The van der Waals surface area contributed by atoms with Crippen molar-refractivity contribution in [2.75, 3.05) is 13.7 Å². The smallest absolute Gasteiger partial charge is 0.337 e. The van der Waals surface area contributed by atoms with Gasteiger partial charge in [0.15, 0.2) is 0 Å². The first kappa shape index (κ1) is 8.84. The zero-order chi connectivity index (χ0) is 8.97. The Balaban J connectivity index is 2.88. The van der Waals surface area contributed by atoms with E-state index in [4.69, 9.17) is 0 Å². The molecule has 12 heavy (non-hydrogen) atoms. The summed E-state index contributed by atoms with van der Waals surface area (Å²) in [5.41, 5.74) is 1.79. The van der Waals surface area contributed by atoms with Crippen molar-refractivity contribution in [1.29, 1.82) is 0 Å². The van der Waals surface area contributed by atoms with Crippen LogP contribution in [0.2, 0.25) is 0 Å². The highest BCUT2D eigenvalue weighted by atomic mass is 16.5. The van der Waals surface area contributed by atoms with E-state index in [0.717, 1.165) is 18.5 Å². The molecule has 0 amide bonds. The first-order chi connectivity index (χ1) is 5.79. The molecule has 0 saturated heterocycles. The second kappa shape index (κ2) is 3.95. The van der Waals surface area contributed by atoms with E-state index in [1.54, 1.807) is 12.3 Å². The van der Waals surface area contributed by atoms with Crippen LogP contribution in [0.1, 0.15) is 13.3 Å². The minimum absolute atomic E-state index is 0.246. The van der Waals surface area contributed by atoms with E-state index in [1.165, 1.54) is 7.11 Å². The molecule has 0 aromatic rings. The number of esters is 1. The van der Waals surface area contributed by atoms with Gasteiger partial charge in [-0.25, -0.2) is 4.79 Å². The third kappa shape index (κ3) is 1.67. The Morgan fingerprint density at radius 1 is 1.75 bits per heavy atom. The summed E-state index contributed by atoms with van der Waals surface area (Å²) in [5, 5.41) is 3.05. The number of carbonyl (C=O) groups excluding carboxylic acids is 1. The standard InChI is InChI=1S/C9H13NO2/c1-3-7-6-10-5-4-8(7)9(11)12-2/h4-5,10H,3,6H2,1-2H3. The van der Waals surface area contributed by atoms with Crippen LogP contribution in [-0.2, 0) is 9.53 Å². The zero-order valence-electron chi connectivity index (χ0n) is 7.39. The average Bonchev–Trinajstić information content (AvgIpc) is 2.16. The largest absolute Gasteiger partial charge is 0.465 e. The van der Waals surface area contributed by atoms with Gasteiger partial charge in [0.2, 0.25) is 0 Å². The first-order valence-electron chi connectivity index (χ1n) is 3.99. The number of methoxy groups -OCH3 is 1. The van der Waals surface area contributed by atoms with E-state index in [2.05, 4.69) is 10.1 Å². The van der Waals surface area contributed by atoms with Crippen molar-refractivity contribution in [2.24, 2.45) is 0 Å². The molecule has 1 aliphatic rings. The molecule has 1 aliphatic heterocycles. The lowest BCUT2D eigenvalue weighted by molar-refractivity contribution is -0.135. The highest BCUT2D eigenvalue weighted by Crippen LogP contribution is 2.13. The number of ether oxygens (including phenoxy) is 1. The van der Waals surface area contributed by atoms with Crippen LogP contribution >= 0.6 is 0 Å². The number of hydrogen-bond acceptors (Lipinski definition) is 3. The van der Waals surface area contributed by atoms with E-state index in [-0.39, 0.29) is 5.97 Å². The molecule has 0 fully saturated rings. The molecular formula is C9H13NO2. The van der Waals surface area contributed by atoms with E-state index < -0.39 is 0 Å². The summed E-state index contributed by atoms with van der Waals surface area (Å²) in [5.74, 6) is -0.246. The Morgan fingerprint density at radius 3 is 3.08 bits per heavy atom. The molecule has 1 rings (SSSR count). The highest BCUT2D eigenvalue weighted by Gasteiger charge is 2.13. The van der Waals surface area contributed by atoms with Gasteiger partial charge < -0.3 is 10.1 Å². The first-order valence-corrected chi connectivity index (χ1v) is 3.99. The van der Waals surface area contributed by atoms with Crippen molar-refractivity contribution in [2.45, 2.75) is 13.3 Å². The quantitative estimate of drug-likeness (QED) is 0.623. The summed E-state index contributed by atoms with van der Waals surface area (Å²) in [6.45, 7) is 2.77. The molecule has 0 aromatic carbocycles. The van der Waals surface area contributed by atoms with Crippen molar-refractivity contribution >= 4 is 5.97 Å². The number of hydrogen-bond donors (Lipinski definition) is 1. The van der Waals surface area contributed by atoms with Gasteiger partial charge in [-0.15, -0.1) is 0 Å². The van der Waals surface area contributed by atoms with Crippen molar-refractivity contribution in [3.05, 3.63) is 23.4 Å². The van der Waals surface area contributed by atoms with E-state index in [1.807, 2.05) is 6.92 Å². The summed E-state index contributed by atoms with van der Waals surface area (Å²) in [7, 11) is 1.40. The lowest BCUT2D eigenvalue weighted by Crippen LogP contribution is -2.19. The molecule has 3 heteroatoms. The van der Waals surface area contributed by atoms with Gasteiger partial charge in [-0.2, -0.15) is 0 Å². The van der Waals surface area contributed by atoms with Crippen LogP contribution in [0.4, 0.5) is 0 Å². The number of nitrogens with one attached hydrogen (secondary N) is 1. The monoisotopic (exact) mass is 167 g/mol. The maximum Gasteiger partial charge on any atom is 0.337 e. The third-order valence-corrected chi connectivity index (χ3v) is 1.90. The van der Waals surface area contributed by atoms with Crippen molar-refractivity contribution in [3.63, 3.8) is 0 Å².